The van der Waals surface area contributed by atoms with E-state index < -0.39 is 0 Å². The van der Waals surface area contributed by atoms with Gasteiger partial charge >= 0.3 is 0 Å². The number of hydrogen-bond donors (Lipinski definition) is 1. The van der Waals surface area contributed by atoms with Gasteiger partial charge in [-0.05, 0) is 55.1 Å². The van der Waals surface area contributed by atoms with Crippen molar-refractivity contribution >= 4 is 0 Å². The van der Waals surface area contributed by atoms with Crippen LogP contribution in [0.15, 0.2) is 42.6 Å². The van der Waals surface area contributed by atoms with E-state index in [1.165, 1.54) is 16.8 Å². The van der Waals surface area contributed by atoms with Crippen molar-refractivity contribution in [3.63, 3.8) is 0 Å². The van der Waals surface area contributed by atoms with E-state index in [1.807, 2.05) is 24.4 Å². The fourth-order valence-corrected chi connectivity index (χ4v) is 2.79. The summed E-state index contributed by atoms with van der Waals surface area (Å²) < 4.78 is 5.17. The summed E-state index contributed by atoms with van der Waals surface area (Å²) in [4.78, 5) is 4.51. The Morgan fingerprint density at radius 1 is 1.25 bits per heavy atom. The van der Waals surface area contributed by atoms with Crippen LogP contribution in [0.3, 0.4) is 0 Å². The van der Waals surface area contributed by atoms with E-state index in [1.54, 1.807) is 7.11 Å². The molecule has 2 aromatic rings. The smallest absolute Gasteiger partial charge is 0.118 e. The molecule has 0 saturated heterocycles. The number of nitrogens with zero attached hydrogens (tertiary/aromatic N) is 1. The van der Waals surface area contributed by atoms with Crippen molar-refractivity contribution in [1.82, 2.24) is 10.3 Å². The summed E-state index contributed by atoms with van der Waals surface area (Å²) in [7, 11) is 1.70. The molecule has 0 fully saturated rings. The zero-order chi connectivity index (χ0) is 13.8. The highest BCUT2D eigenvalue weighted by Crippen LogP contribution is 2.28. The van der Waals surface area contributed by atoms with Crippen LogP contribution in [-0.4, -0.2) is 18.6 Å². The number of aromatic nitrogens is 1. The first-order valence-electron chi connectivity index (χ1n) is 7.17. The zero-order valence-electron chi connectivity index (χ0n) is 11.8. The van der Waals surface area contributed by atoms with Gasteiger partial charge in [0.15, 0.2) is 0 Å². The molecule has 1 atom stereocenters. The van der Waals surface area contributed by atoms with Crippen LogP contribution in [0.2, 0.25) is 0 Å². The lowest BCUT2D eigenvalue weighted by atomic mass is 10.1. The van der Waals surface area contributed by atoms with E-state index in [-0.39, 0.29) is 0 Å². The van der Waals surface area contributed by atoms with Gasteiger partial charge in [0.25, 0.3) is 0 Å². The molecule has 0 saturated carbocycles. The molecule has 1 unspecified atom stereocenters. The molecule has 0 amide bonds. The van der Waals surface area contributed by atoms with Gasteiger partial charge in [0.2, 0.25) is 0 Å². The molecule has 104 valence electrons. The van der Waals surface area contributed by atoms with Crippen molar-refractivity contribution in [3.05, 3.63) is 59.4 Å². The Morgan fingerprint density at radius 3 is 2.90 bits per heavy atom. The highest BCUT2D eigenvalue weighted by Gasteiger charge is 2.22. The van der Waals surface area contributed by atoms with Crippen molar-refractivity contribution in [1.29, 1.82) is 0 Å². The molecule has 3 heteroatoms. The van der Waals surface area contributed by atoms with E-state index in [0.29, 0.717) is 6.04 Å². The maximum Gasteiger partial charge on any atom is 0.118 e. The first-order chi connectivity index (χ1) is 9.86. The number of aryl methyl sites for hydroxylation is 1. The Kier molecular flexibility index (Phi) is 3.97. The lowest BCUT2D eigenvalue weighted by Gasteiger charge is -2.13. The second-order valence-electron chi connectivity index (χ2n) is 5.19. The van der Waals surface area contributed by atoms with Crippen molar-refractivity contribution in [2.45, 2.75) is 25.3 Å². The Hall–Kier alpha value is -1.87. The van der Waals surface area contributed by atoms with Crippen molar-refractivity contribution in [2.75, 3.05) is 13.7 Å². The number of nitrogens with one attached hydrogen (secondary N) is 1. The Labute approximate surface area is 120 Å². The van der Waals surface area contributed by atoms with Crippen LogP contribution in [-0.2, 0) is 12.8 Å². The highest BCUT2D eigenvalue weighted by molar-refractivity contribution is 5.29. The second-order valence-corrected chi connectivity index (χ2v) is 5.19. The quantitative estimate of drug-likeness (QED) is 0.905. The summed E-state index contributed by atoms with van der Waals surface area (Å²) in [5.41, 5.74) is 3.97. The van der Waals surface area contributed by atoms with Gasteiger partial charge in [-0.3, -0.25) is 4.98 Å². The summed E-state index contributed by atoms with van der Waals surface area (Å²) in [5.74, 6) is 0.913. The minimum atomic E-state index is 0.421. The third-order valence-corrected chi connectivity index (χ3v) is 3.92. The van der Waals surface area contributed by atoms with E-state index in [0.717, 1.165) is 31.6 Å². The van der Waals surface area contributed by atoms with E-state index in [4.69, 9.17) is 4.74 Å². The van der Waals surface area contributed by atoms with Crippen molar-refractivity contribution in [2.24, 2.45) is 0 Å². The van der Waals surface area contributed by atoms with Gasteiger partial charge in [0, 0.05) is 6.20 Å². The molecule has 1 aromatic heterocycles. The van der Waals surface area contributed by atoms with Crippen LogP contribution in [0.4, 0.5) is 0 Å². The van der Waals surface area contributed by atoms with E-state index in [9.17, 15) is 0 Å². The molecule has 0 spiro atoms. The van der Waals surface area contributed by atoms with Gasteiger partial charge in [-0.15, -0.1) is 0 Å². The molecule has 20 heavy (non-hydrogen) atoms. The molecule has 0 radical (unpaired) electrons. The number of hydrogen-bond acceptors (Lipinski definition) is 3. The molecule has 1 heterocycles. The fraction of sp³-hybridized carbons (Fsp3) is 0.353. The van der Waals surface area contributed by atoms with Crippen LogP contribution in [0, 0.1) is 0 Å². The van der Waals surface area contributed by atoms with Gasteiger partial charge in [-0.2, -0.15) is 0 Å². The summed E-state index contributed by atoms with van der Waals surface area (Å²) >= 11 is 0. The first kappa shape index (κ1) is 13.1. The monoisotopic (exact) mass is 268 g/mol. The van der Waals surface area contributed by atoms with E-state index in [2.05, 4.69) is 28.5 Å². The summed E-state index contributed by atoms with van der Waals surface area (Å²) in [6.45, 7) is 0.979. The third-order valence-electron chi connectivity index (χ3n) is 3.92. The minimum Gasteiger partial charge on any atom is -0.497 e. The zero-order valence-corrected chi connectivity index (χ0v) is 11.8. The van der Waals surface area contributed by atoms with Crippen LogP contribution in [0.1, 0.15) is 29.3 Å². The predicted molar refractivity (Wildman–Crippen MR) is 80.0 cm³/mol. The Bertz CT molecular complexity index is 565. The second kappa shape index (κ2) is 6.06. The molecule has 3 rings (SSSR count). The number of methoxy groups -OCH3 is 1. The molecular formula is C17H20N2O. The molecule has 1 aliphatic rings. The fourth-order valence-electron chi connectivity index (χ4n) is 2.79. The topological polar surface area (TPSA) is 34.1 Å². The van der Waals surface area contributed by atoms with Gasteiger partial charge in [-0.25, -0.2) is 0 Å². The normalized spacial score (nSPS) is 16.9. The summed E-state index contributed by atoms with van der Waals surface area (Å²) in [6, 6.07) is 12.9. The molecule has 0 bridgehead atoms. The highest BCUT2D eigenvalue weighted by atomic mass is 16.5. The van der Waals surface area contributed by atoms with Crippen LogP contribution < -0.4 is 10.1 Å². The summed E-state index contributed by atoms with van der Waals surface area (Å²) in [5, 5.41) is 3.62. The maximum absolute atomic E-state index is 5.17. The molecule has 1 aromatic carbocycles. The first-order valence-corrected chi connectivity index (χ1v) is 7.17. The SMILES string of the molecule is COc1ccc(CCNC2CCc3cccnc32)cc1. The number of rotatable bonds is 5. The van der Waals surface area contributed by atoms with Gasteiger partial charge < -0.3 is 10.1 Å². The lowest BCUT2D eigenvalue weighted by Crippen LogP contribution is -2.22. The van der Waals surface area contributed by atoms with Crippen LogP contribution in [0.5, 0.6) is 5.75 Å². The number of fused-ring (bicyclic) bond motifs is 1. The largest absolute Gasteiger partial charge is 0.497 e. The van der Waals surface area contributed by atoms with Crippen LogP contribution >= 0.6 is 0 Å². The van der Waals surface area contributed by atoms with Gasteiger partial charge in [0.05, 0.1) is 18.8 Å². The average Bonchev–Trinajstić information content (AvgIpc) is 2.92. The van der Waals surface area contributed by atoms with Crippen LogP contribution in [0.25, 0.3) is 0 Å². The molecule has 3 nitrogen and oxygen atoms in total. The lowest BCUT2D eigenvalue weighted by molar-refractivity contribution is 0.414. The number of ether oxygens (including phenoxy) is 1. The number of benzene rings is 1. The molecule has 1 aliphatic carbocycles. The Balaban J connectivity index is 1.53. The van der Waals surface area contributed by atoms with Gasteiger partial charge in [-0.1, -0.05) is 18.2 Å². The standard InChI is InChI=1S/C17H20N2O/c1-20-15-7-4-13(5-8-15)10-12-18-16-9-6-14-3-2-11-19-17(14)16/h2-5,7-8,11,16,18H,6,9-10,12H2,1H3. The minimum absolute atomic E-state index is 0.421. The Morgan fingerprint density at radius 2 is 2.10 bits per heavy atom. The third kappa shape index (κ3) is 2.83. The van der Waals surface area contributed by atoms with Crippen molar-refractivity contribution in [3.8, 4) is 5.75 Å². The molecule has 1 N–H and O–H groups in total. The molecular weight excluding hydrogens is 248 g/mol. The maximum atomic E-state index is 5.17. The average molecular weight is 268 g/mol. The van der Waals surface area contributed by atoms with Gasteiger partial charge in [0.1, 0.15) is 5.75 Å². The van der Waals surface area contributed by atoms with Crippen molar-refractivity contribution < 1.29 is 4.74 Å². The van der Waals surface area contributed by atoms with E-state index >= 15 is 0 Å². The molecule has 0 aliphatic heterocycles. The number of pyridine rings is 1. The summed E-state index contributed by atoms with van der Waals surface area (Å²) in [6.07, 6.45) is 5.23. The predicted octanol–water partition coefficient (Wildman–Crippen LogP) is 2.91.